The number of hydrogen-bond acceptors (Lipinski definition) is 3. The Bertz CT molecular complexity index is 583. The molecule has 2 rings (SSSR count). The van der Waals surface area contributed by atoms with E-state index in [2.05, 4.69) is 0 Å². The number of phenols is 1. The van der Waals surface area contributed by atoms with Crippen LogP contribution in [0.15, 0.2) is 60.4 Å². The molecule has 0 heterocycles. The van der Waals surface area contributed by atoms with Crippen LogP contribution < -0.4 is 4.74 Å². The van der Waals surface area contributed by atoms with Crippen molar-refractivity contribution < 1.29 is 14.6 Å². The molecular formula is C16H14O3. The van der Waals surface area contributed by atoms with Crippen molar-refractivity contribution in [2.45, 2.75) is 6.92 Å². The van der Waals surface area contributed by atoms with E-state index in [4.69, 9.17) is 4.74 Å². The lowest BCUT2D eigenvalue weighted by Gasteiger charge is -2.07. The number of carbonyl (C=O) groups excluding carboxylic acids is 1. The molecule has 0 saturated carbocycles. The first kappa shape index (κ1) is 12.9. The number of ketones is 1. The van der Waals surface area contributed by atoms with Gasteiger partial charge in [0.1, 0.15) is 11.5 Å². The molecule has 19 heavy (non-hydrogen) atoms. The maximum absolute atomic E-state index is 11.6. The monoisotopic (exact) mass is 254 g/mol. The van der Waals surface area contributed by atoms with E-state index in [1.807, 2.05) is 30.3 Å². The van der Waals surface area contributed by atoms with E-state index < -0.39 is 0 Å². The van der Waals surface area contributed by atoms with Gasteiger partial charge < -0.3 is 9.84 Å². The van der Waals surface area contributed by atoms with Crippen molar-refractivity contribution in [2.75, 3.05) is 0 Å². The molecule has 0 atom stereocenters. The van der Waals surface area contributed by atoms with Gasteiger partial charge in [0.2, 0.25) is 0 Å². The highest BCUT2D eigenvalue weighted by Crippen LogP contribution is 2.19. The van der Waals surface area contributed by atoms with E-state index in [-0.39, 0.29) is 17.3 Å². The Morgan fingerprint density at radius 3 is 2.26 bits per heavy atom. The summed E-state index contributed by atoms with van der Waals surface area (Å²) in [4.78, 5) is 11.6. The molecule has 0 aliphatic heterocycles. The fraction of sp³-hybridized carbons (Fsp3) is 0.0625. The van der Waals surface area contributed by atoms with Crippen LogP contribution in [-0.2, 0) is 4.79 Å². The smallest absolute Gasteiger partial charge is 0.194 e. The third-order valence-corrected chi connectivity index (χ3v) is 2.51. The number of rotatable bonds is 4. The van der Waals surface area contributed by atoms with Gasteiger partial charge in [0.25, 0.3) is 0 Å². The Balaban J connectivity index is 2.24. The first-order chi connectivity index (χ1) is 9.15. The van der Waals surface area contributed by atoms with Crippen LogP contribution in [0.4, 0.5) is 0 Å². The van der Waals surface area contributed by atoms with E-state index in [0.717, 1.165) is 5.56 Å². The third-order valence-electron chi connectivity index (χ3n) is 2.51. The van der Waals surface area contributed by atoms with Crippen molar-refractivity contribution in [3.05, 3.63) is 65.9 Å². The van der Waals surface area contributed by atoms with Gasteiger partial charge in [-0.2, -0.15) is 0 Å². The molecule has 0 radical (unpaired) electrons. The van der Waals surface area contributed by atoms with Crippen LogP contribution in [0.5, 0.6) is 11.5 Å². The van der Waals surface area contributed by atoms with Gasteiger partial charge in [-0.1, -0.05) is 30.3 Å². The van der Waals surface area contributed by atoms with Crippen LogP contribution in [0, 0.1) is 0 Å². The van der Waals surface area contributed by atoms with Gasteiger partial charge in [-0.15, -0.1) is 0 Å². The second-order valence-electron chi connectivity index (χ2n) is 4.07. The number of phenolic OH excluding ortho intramolecular Hbond substituents is 1. The number of aromatic hydroxyl groups is 1. The summed E-state index contributed by atoms with van der Waals surface area (Å²) < 4.78 is 5.54. The highest BCUT2D eigenvalue weighted by molar-refractivity contribution is 5.96. The summed E-state index contributed by atoms with van der Waals surface area (Å²) in [5, 5.41) is 9.20. The third kappa shape index (κ3) is 3.71. The van der Waals surface area contributed by atoms with Gasteiger partial charge in [-0.3, -0.25) is 4.79 Å². The summed E-state index contributed by atoms with van der Waals surface area (Å²) in [6.07, 6.45) is 1.69. The molecule has 0 aromatic heterocycles. The predicted molar refractivity (Wildman–Crippen MR) is 73.8 cm³/mol. The van der Waals surface area contributed by atoms with Gasteiger partial charge in [0.05, 0.1) is 0 Å². The molecule has 96 valence electrons. The zero-order valence-electron chi connectivity index (χ0n) is 10.5. The Morgan fingerprint density at radius 1 is 1.05 bits per heavy atom. The molecule has 0 aliphatic rings. The molecule has 0 saturated heterocycles. The van der Waals surface area contributed by atoms with Gasteiger partial charge >= 0.3 is 0 Å². The second kappa shape index (κ2) is 5.87. The lowest BCUT2D eigenvalue weighted by atomic mass is 10.2. The zero-order valence-corrected chi connectivity index (χ0v) is 10.5. The van der Waals surface area contributed by atoms with Crippen molar-refractivity contribution >= 4 is 11.9 Å². The fourth-order valence-electron chi connectivity index (χ4n) is 1.54. The largest absolute Gasteiger partial charge is 0.508 e. The Morgan fingerprint density at radius 2 is 1.68 bits per heavy atom. The average molecular weight is 254 g/mol. The maximum Gasteiger partial charge on any atom is 0.194 e. The van der Waals surface area contributed by atoms with Gasteiger partial charge in [0.15, 0.2) is 11.5 Å². The molecule has 0 bridgehead atoms. The summed E-state index contributed by atoms with van der Waals surface area (Å²) in [7, 11) is 0. The number of Topliss-reactive ketones (excluding diaryl/α,β-unsaturated/α-hetero) is 1. The molecule has 0 aliphatic carbocycles. The van der Waals surface area contributed by atoms with Gasteiger partial charge in [-0.05, 0) is 35.9 Å². The number of benzene rings is 2. The van der Waals surface area contributed by atoms with E-state index in [9.17, 15) is 9.90 Å². The standard InChI is InChI=1S/C16H14O3/c1-12(17)16(11-13-5-3-2-4-6-13)19-15-9-7-14(18)8-10-15/h2-11,18H,1H3. The minimum absolute atomic E-state index is 0.156. The number of allylic oxidation sites excluding steroid dienone is 1. The normalized spacial score (nSPS) is 11.1. The van der Waals surface area contributed by atoms with E-state index in [1.165, 1.54) is 19.1 Å². The molecule has 0 amide bonds. The van der Waals surface area contributed by atoms with Crippen molar-refractivity contribution in [3.63, 3.8) is 0 Å². The Hall–Kier alpha value is -2.55. The van der Waals surface area contributed by atoms with Crippen LogP contribution in [0.25, 0.3) is 6.08 Å². The first-order valence-corrected chi connectivity index (χ1v) is 5.90. The van der Waals surface area contributed by atoms with Crippen LogP contribution in [-0.4, -0.2) is 10.9 Å². The van der Waals surface area contributed by atoms with Crippen molar-refractivity contribution in [2.24, 2.45) is 0 Å². The summed E-state index contributed by atoms with van der Waals surface area (Å²) in [6.45, 7) is 1.45. The molecule has 2 aromatic rings. The molecular weight excluding hydrogens is 240 g/mol. The summed E-state index contributed by atoms with van der Waals surface area (Å²) >= 11 is 0. The molecule has 3 heteroatoms. The predicted octanol–water partition coefficient (Wildman–Crippen LogP) is 3.40. The molecule has 1 N–H and O–H groups in total. The lowest BCUT2D eigenvalue weighted by Crippen LogP contribution is -2.04. The Labute approximate surface area is 111 Å². The average Bonchev–Trinajstić information content (AvgIpc) is 2.41. The maximum atomic E-state index is 11.6. The zero-order chi connectivity index (χ0) is 13.7. The van der Waals surface area contributed by atoms with Crippen molar-refractivity contribution in [3.8, 4) is 11.5 Å². The SMILES string of the molecule is CC(=O)C(=Cc1ccccc1)Oc1ccc(O)cc1. The van der Waals surface area contributed by atoms with Crippen LogP contribution in [0.2, 0.25) is 0 Å². The van der Waals surface area contributed by atoms with Crippen molar-refractivity contribution in [1.29, 1.82) is 0 Å². The topological polar surface area (TPSA) is 46.5 Å². The van der Waals surface area contributed by atoms with Gasteiger partial charge in [-0.25, -0.2) is 0 Å². The minimum Gasteiger partial charge on any atom is -0.508 e. The van der Waals surface area contributed by atoms with Crippen LogP contribution >= 0.6 is 0 Å². The highest BCUT2D eigenvalue weighted by Gasteiger charge is 2.07. The lowest BCUT2D eigenvalue weighted by molar-refractivity contribution is -0.115. The molecule has 0 spiro atoms. The summed E-state index contributed by atoms with van der Waals surface area (Å²) in [5.41, 5.74) is 0.895. The summed E-state index contributed by atoms with van der Waals surface area (Å²) in [5.74, 6) is 0.771. The van der Waals surface area contributed by atoms with E-state index in [1.54, 1.807) is 18.2 Å². The van der Waals surface area contributed by atoms with E-state index >= 15 is 0 Å². The molecule has 2 aromatic carbocycles. The molecule has 0 unspecified atom stereocenters. The van der Waals surface area contributed by atoms with Gasteiger partial charge in [0, 0.05) is 6.92 Å². The number of carbonyl (C=O) groups is 1. The second-order valence-corrected chi connectivity index (χ2v) is 4.07. The molecule has 0 fully saturated rings. The number of ether oxygens (including phenoxy) is 1. The highest BCUT2D eigenvalue weighted by atomic mass is 16.5. The van der Waals surface area contributed by atoms with Crippen LogP contribution in [0.3, 0.4) is 0 Å². The number of hydrogen-bond donors (Lipinski definition) is 1. The van der Waals surface area contributed by atoms with E-state index in [0.29, 0.717) is 5.75 Å². The fourth-order valence-corrected chi connectivity index (χ4v) is 1.54. The first-order valence-electron chi connectivity index (χ1n) is 5.90. The quantitative estimate of drug-likeness (QED) is 0.672. The Kier molecular flexibility index (Phi) is 3.98. The van der Waals surface area contributed by atoms with Crippen LogP contribution in [0.1, 0.15) is 12.5 Å². The van der Waals surface area contributed by atoms with Crippen molar-refractivity contribution in [1.82, 2.24) is 0 Å². The summed E-state index contributed by atoms with van der Waals surface area (Å²) in [6, 6.07) is 15.7. The minimum atomic E-state index is -0.156. The molecule has 3 nitrogen and oxygen atoms in total.